The number of aromatic nitrogens is 3. The number of hydrogen-bond acceptors (Lipinski definition) is 4. The van der Waals surface area contributed by atoms with E-state index >= 15 is 0 Å². The maximum atomic E-state index is 13.5. The number of hydrogen-bond donors (Lipinski definition) is 2. The van der Waals surface area contributed by atoms with Gasteiger partial charge in [0.25, 0.3) is 0 Å². The van der Waals surface area contributed by atoms with Gasteiger partial charge < -0.3 is 5.11 Å². The summed E-state index contributed by atoms with van der Waals surface area (Å²) in [4.78, 5) is 18.5. The molecule has 156 valence electrons. The Labute approximate surface area is 170 Å². The smallest absolute Gasteiger partial charge is 0.231 e. The van der Waals surface area contributed by atoms with E-state index in [-0.39, 0.29) is 24.5 Å². The molecule has 3 heterocycles. The largest absolute Gasteiger partial charge is 0.396 e. The molecule has 0 aliphatic carbocycles. The van der Waals surface area contributed by atoms with E-state index < -0.39 is 23.4 Å². The lowest BCUT2D eigenvalue weighted by atomic mass is 9.98. The van der Waals surface area contributed by atoms with E-state index in [1.807, 2.05) is 0 Å². The van der Waals surface area contributed by atoms with Gasteiger partial charge in [0.05, 0.1) is 5.69 Å². The molecule has 1 aliphatic rings. The summed E-state index contributed by atoms with van der Waals surface area (Å²) in [6.45, 7) is 0.263. The van der Waals surface area contributed by atoms with Crippen LogP contribution in [0.4, 0.5) is 19.0 Å². The number of rotatable bonds is 6. The van der Waals surface area contributed by atoms with E-state index in [1.165, 1.54) is 4.90 Å². The fourth-order valence-electron chi connectivity index (χ4n) is 3.83. The molecule has 0 spiro atoms. The Bertz CT molecular complexity index is 1050. The van der Waals surface area contributed by atoms with Crippen molar-refractivity contribution in [1.82, 2.24) is 15.2 Å². The molecule has 4 rings (SSSR count). The highest BCUT2D eigenvalue weighted by molar-refractivity contribution is 5.97. The summed E-state index contributed by atoms with van der Waals surface area (Å²) in [5.74, 6) is -4.37. The monoisotopic (exact) mass is 416 g/mol. The molecule has 0 saturated carbocycles. The van der Waals surface area contributed by atoms with Crippen molar-refractivity contribution in [3.05, 3.63) is 65.2 Å². The molecule has 30 heavy (non-hydrogen) atoms. The van der Waals surface area contributed by atoms with E-state index in [2.05, 4.69) is 15.2 Å². The van der Waals surface area contributed by atoms with Gasteiger partial charge in [-0.15, -0.1) is 0 Å². The van der Waals surface area contributed by atoms with Crippen LogP contribution in [-0.2, 0) is 17.6 Å². The molecule has 1 unspecified atom stereocenters. The van der Waals surface area contributed by atoms with E-state index in [1.54, 1.807) is 24.5 Å². The fourth-order valence-corrected chi connectivity index (χ4v) is 3.83. The predicted octanol–water partition coefficient (Wildman–Crippen LogP) is 3.02. The third kappa shape index (κ3) is 3.68. The number of carbonyl (C=O) groups excluding carboxylic acids is 1. The van der Waals surface area contributed by atoms with Crippen molar-refractivity contribution < 1.29 is 23.1 Å². The number of halogens is 3. The standard InChI is InChI=1S/C21H19F3N4O2/c22-16-10-12(11-17(23)18(16)24)9-14-3-7-28(21(14)30)20-15(4-8-29)19(26-27-20)13-1-5-25-6-2-13/h1-2,5-6,10-11,14,29H,3-4,7-9H2,(H,26,27). The summed E-state index contributed by atoms with van der Waals surface area (Å²) in [6.07, 6.45) is 4.13. The number of benzene rings is 1. The Kier molecular flexibility index (Phi) is 5.54. The number of aliphatic hydroxyl groups excluding tert-OH is 1. The first-order valence-corrected chi connectivity index (χ1v) is 9.53. The quantitative estimate of drug-likeness (QED) is 0.606. The molecule has 0 bridgehead atoms. The van der Waals surface area contributed by atoms with Gasteiger partial charge in [0.1, 0.15) is 0 Å². The lowest BCUT2D eigenvalue weighted by Gasteiger charge is -2.16. The normalized spacial score (nSPS) is 16.5. The average molecular weight is 416 g/mol. The van der Waals surface area contributed by atoms with Crippen LogP contribution in [0.15, 0.2) is 36.7 Å². The van der Waals surface area contributed by atoms with Gasteiger partial charge in [-0.1, -0.05) is 0 Å². The lowest BCUT2D eigenvalue weighted by molar-refractivity contribution is -0.120. The summed E-state index contributed by atoms with van der Waals surface area (Å²) in [5.41, 5.74) is 2.45. The summed E-state index contributed by atoms with van der Waals surface area (Å²) < 4.78 is 40.2. The van der Waals surface area contributed by atoms with Gasteiger partial charge in [-0.25, -0.2) is 13.2 Å². The van der Waals surface area contributed by atoms with Crippen molar-refractivity contribution in [3.63, 3.8) is 0 Å². The third-order valence-corrected chi connectivity index (χ3v) is 5.27. The van der Waals surface area contributed by atoms with Crippen LogP contribution in [0.25, 0.3) is 11.3 Å². The van der Waals surface area contributed by atoms with E-state index in [0.717, 1.165) is 17.7 Å². The minimum atomic E-state index is -1.52. The van der Waals surface area contributed by atoms with Crippen LogP contribution < -0.4 is 4.90 Å². The second-order valence-corrected chi connectivity index (χ2v) is 7.16. The topological polar surface area (TPSA) is 82.1 Å². The minimum absolute atomic E-state index is 0.0976. The third-order valence-electron chi connectivity index (χ3n) is 5.27. The van der Waals surface area contributed by atoms with Gasteiger partial charge in [-0.2, -0.15) is 5.10 Å². The molecule has 1 aliphatic heterocycles. The van der Waals surface area contributed by atoms with E-state index in [0.29, 0.717) is 36.5 Å². The number of nitrogens with one attached hydrogen (secondary N) is 1. The summed E-state index contributed by atoms with van der Waals surface area (Å²) in [6, 6.07) is 5.43. The first-order valence-electron chi connectivity index (χ1n) is 9.53. The Hall–Kier alpha value is -3.20. The van der Waals surface area contributed by atoms with Crippen LogP contribution in [0.2, 0.25) is 0 Å². The van der Waals surface area contributed by atoms with Crippen molar-refractivity contribution in [1.29, 1.82) is 0 Å². The van der Waals surface area contributed by atoms with Crippen LogP contribution in [0.1, 0.15) is 17.5 Å². The van der Waals surface area contributed by atoms with Crippen LogP contribution >= 0.6 is 0 Å². The second-order valence-electron chi connectivity index (χ2n) is 7.16. The van der Waals surface area contributed by atoms with Crippen LogP contribution in [0, 0.1) is 23.4 Å². The van der Waals surface area contributed by atoms with Crippen molar-refractivity contribution in [2.24, 2.45) is 5.92 Å². The zero-order chi connectivity index (χ0) is 21.3. The Morgan fingerprint density at radius 3 is 2.53 bits per heavy atom. The van der Waals surface area contributed by atoms with Crippen molar-refractivity contribution in [2.75, 3.05) is 18.1 Å². The molecule has 2 N–H and O–H groups in total. The maximum Gasteiger partial charge on any atom is 0.231 e. The zero-order valence-corrected chi connectivity index (χ0v) is 15.9. The van der Waals surface area contributed by atoms with Crippen molar-refractivity contribution in [3.8, 4) is 11.3 Å². The molecular formula is C21H19F3N4O2. The Morgan fingerprint density at radius 1 is 1.17 bits per heavy atom. The molecule has 3 aromatic rings. The summed E-state index contributed by atoms with van der Waals surface area (Å²) in [7, 11) is 0. The molecule has 1 fully saturated rings. The number of anilines is 1. The number of carbonyl (C=O) groups is 1. The van der Waals surface area contributed by atoms with Gasteiger partial charge >= 0.3 is 0 Å². The molecule has 6 nitrogen and oxygen atoms in total. The summed E-state index contributed by atoms with van der Waals surface area (Å²) in [5, 5.41) is 16.7. The van der Waals surface area contributed by atoms with Gasteiger partial charge in [0.2, 0.25) is 5.91 Å². The number of H-pyrrole nitrogens is 1. The SMILES string of the molecule is O=C1C(Cc2cc(F)c(F)c(F)c2)CCN1c1n[nH]c(-c2ccncc2)c1CCO. The Morgan fingerprint density at radius 2 is 1.87 bits per heavy atom. The van der Waals surface area contributed by atoms with E-state index in [4.69, 9.17) is 0 Å². The first-order chi connectivity index (χ1) is 14.5. The van der Waals surface area contributed by atoms with Crippen LogP contribution in [0.5, 0.6) is 0 Å². The zero-order valence-electron chi connectivity index (χ0n) is 15.9. The maximum absolute atomic E-state index is 13.5. The molecule has 2 aromatic heterocycles. The number of nitrogens with zero attached hydrogens (tertiary/aromatic N) is 3. The Balaban J connectivity index is 1.59. The molecular weight excluding hydrogens is 397 g/mol. The van der Waals surface area contributed by atoms with Gasteiger partial charge in [0, 0.05) is 49.0 Å². The van der Waals surface area contributed by atoms with Gasteiger partial charge in [0.15, 0.2) is 23.3 Å². The molecule has 1 saturated heterocycles. The van der Waals surface area contributed by atoms with E-state index in [9.17, 15) is 23.1 Å². The number of amides is 1. The number of aliphatic hydroxyl groups is 1. The fraction of sp³-hybridized carbons (Fsp3) is 0.286. The van der Waals surface area contributed by atoms with Crippen LogP contribution in [-0.4, -0.2) is 39.3 Å². The van der Waals surface area contributed by atoms with Crippen LogP contribution in [0.3, 0.4) is 0 Å². The van der Waals surface area contributed by atoms with Gasteiger partial charge in [-0.05, 0) is 42.7 Å². The highest BCUT2D eigenvalue weighted by atomic mass is 19.2. The molecule has 0 radical (unpaired) electrons. The highest BCUT2D eigenvalue weighted by Crippen LogP contribution is 2.34. The first kappa shape index (κ1) is 20.1. The minimum Gasteiger partial charge on any atom is -0.396 e. The number of pyridine rings is 1. The second kappa shape index (κ2) is 8.27. The number of aromatic amines is 1. The molecule has 1 aromatic carbocycles. The lowest BCUT2D eigenvalue weighted by Crippen LogP contribution is -2.29. The van der Waals surface area contributed by atoms with Crippen molar-refractivity contribution in [2.45, 2.75) is 19.3 Å². The molecule has 1 atom stereocenters. The summed E-state index contributed by atoms with van der Waals surface area (Å²) >= 11 is 0. The molecule has 9 heteroatoms. The predicted molar refractivity (Wildman–Crippen MR) is 103 cm³/mol. The highest BCUT2D eigenvalue weighted by Gasteiger charge is 2.35. The van der Waals surface area contributed by atoms with Crippen molar-refractivity contribution >= 4 is 11.7 Å². The average Bonchev–Trinajstić information content (AvgIpc) is 3.31. The molecule has 1 amide bonds. The van der Waals surface area contributed by atoms with Gasteiger partial charge in [-0.3, -0.25) is 19.8 Å².